The van der Waals surface area contributed by atoms with Gasteiger partial charge in [-0.15, -0.1) is 12.1 Å². The van der Waals surface area contributed by atoms with Gasteiger partial charge in [-0.2, -0.15) is 18.7 Å². The Morgan fingerprint density at radius 2 is 1.33 bits per heavy atom. The summed E-state index contributed by atoms with van der Waals surface area (Å²) >= 11 is 0. The van der Waals surface area contributed by atoms with Crippen LogP contribution in [0.5, 0.6) is 17.2 Å². The van der Waals surface area contributed by atoms with E-state index in [4.69, 9.17) is 5.11 Å². The van der Waals surface area contributed by atoms with E-state index < -0.39 is 17.3 Å². The minimum Gasteiger partial charge on any atom is -0.748 e. The largest absolute Gasteiger partial charge is 0.748 e. The smallest absolute Gasteiger partial charge is 0.132 e. The SMILES string of the molecule is C=C(C(=O)c1c(O)cc(O)cc1O)[c-]1cccc1.[Fe].[cH-]1[cH-][cH-][cH-][cH-]1. The van der Waals surface area contributed by atoms with Crippen molar-refractivity contribution in [1.29, 1.82) is 0 Å². The molecule has 0 saturated carbocycles. The van der Waals surface area contributed by atoms with E-state index in [9.17, 15) is 15.0 Å². The van der Waals surface area contributed by atoms with E-state index in [-0.39, 0.29) is 34.0 Å². The van der Waals surface area contributed by atoms with Gasteiger partial charge in [0.2, 0.25) is 0 Å². The van der Waals surface area contributed by atoms with Gasteiger partial charge in [0.25, 0.3) is 0 Å². The Bertz CT molecular complexity index is 747. The van der Waals surface area contributed by atoms with E-state index >= 15 is 0 Å². The second-order valence-corrected chi connectivity index (χ2v) is 4.80. The van der Waals surface area contributed by atoms with E-state index in [1.54, 1.807) is 24.3 Å². The van der Waals surface area contributed by atoms with E-state index in [1.165, 1.54) is 0 Å². The number of phenols is 3. The topological polar surface area (TPSA) is 77.8 Å². The molecule has 0 aliphatic carbocycles. The van der Waals surface area contributed by atoms with Crippen LogP contribution in [-0.4, -0.2) is 21.1 Å². The molecule has 3 N–H and O–H groups in total. The van der Waals surface area contributed by atoms with Gasteiger partial charge < -0.3 is 50.4 Å². The van der Waals surface area contributed by atoms with Gasteiger partial charge in [-0.05, 0) is 0 Å². The summed E-state index contributed by atoms with van der Waals surface area (Å²) in [6.45, 7) is 3.64. The van der Waals surface area contributed by atoms with Crippen molar-refractivity contribution in [3.05, 3.63) is 84.4 Å². The van der Waals surface area contributed by atoms with Crippen LogP contribution in [0.15, 0.2) is 73.3 Å². The van der Waals surface area contributed by atoms with Crippen LogP contribution in [0.2, 0.25) is 0 Å². The zero-order valence-corrected chi connectivity index (χ0v) is 13.8. The van der Waals surface area contributed by atoms with Crippen LogP contribution in [0.4, 0.5) is 0 Å². The molecule has 3 rings (SSSR count). The normalized spacial score (nSPS) is 9.33. The molecule has 130 valence electrons. The summed E-state index contributed by atoms with van der Waals surface area (Å²) in [4.78, 5) is 12.1. The van der Waals surface area contributed by atoms with Crippen LogP contribution in [0.25, 0.3) is 5.57 Å². The predicted octanol–water partition coefficient (Wildman–Crippen LogP) is 3.82. The van der Waals surface area contributed by atoms with Crippen LogP contribution < -0.4 is 0 Å². The van der Waals surface area contributed by atoms with Crippen LogP contribution in [0.3, 0.4) is 0 Å². The van der Waals surface area contributed by atoms with Gasteiger partial charge in [0, 0.05) is 29.2 Å². The minimum absolute atomic E-state index is 0. The van der Waals surface area contributed by atoms with Crippen LogP contribution >= 0.6 is 0 Å². The molecule has 5 heteroatoms. The van der Waals surface area contributed by atoms with Crippen LogP contribution in [0.1, 0.15) is 15.9 Å². The number of Topliss-reactive ketones (excluding diaryl/α,β-unsaturated/α-hetero) is 1. The fourth-order valence-corrected chi connectivity index (χ4v) is 2.01. The van der Waals surface area contributed by atoms with Gasteiger partial charge in [-0.25, -0.2) is 0 Å². The molecule has 0 unspecified atom stereocenters. The Labute approximate surface area is 150 Å². The molecule has 0 aromatic heterocycles. The van der Waals surface area contributed by atoms with Gasteiger partial charge >= 0.3 is 0 Å². The first-order valence-corrected chi connectivity index (χ1v) is 6.88. The molecule has 0 aliphatic heterocycles. The third kappa shape index (κ3) is 4.62. The van der Waals surface area contributed by atoms with E-state index in [0.717, 1.165) is 12.1 Å². The third-order valence-corrected chi connectivity index (χ3v) is 3.15. The first kappa shape index (κ1) is 19.3. The molecule has 3 aromatic rings. The number of rotatable bonds is 3. The summed E-state index contributed by atoms with van der Waals surface area (Å²) in [6.07, 6.45) is 0. The summed E-state index contributed by atoms with van der Waals surface area (Å²) in [5, 5.41) is 28.4. The number of allylic oxidation sites excluding steroid dienone is 1. The maximum Gasteiger partial charge on any atom is 0.132 e. The molecule has 0 bridgehead atoms. The number of carbonyl (C=O) groups is 1. The first-order chi connectivity index (χ1) is 11.0. The summed E-state index contributed by atoms with van der Waals surface area (Å²) in [6, 6.07) is 18.9. The fraction of sp³-hybridized carbons (Fsp3) is 0. The van der Waals surface area contributed by atoms with Crippen LogP contribution in [0, 0.1) is 0 Å². The average Bonchev–Trinajstić information content (AvgIpc) is 3.21. The Balaban J connectivity index is 0.000000412. The summed E-state index contributed by atoms with van der Waals surface area (Å²) in [5.74, 6) is -1.87. The zero-order chi connectivity index (χ0) is 16.8. The Hall–Kier alpha value is -2.75. The van der Waals surface area contributed by atoms with Crippen molar-refractivity contribution in [3.63, 3.8) is 0 Å². The number of hydrogen-bond donors (Lipinski definition) is 3. The first-order valence-electron chi connectivity index (χ1n) is 6.88. The molecule has 0 aliphatic rings. The molecule has 0 amide bonds. The van der Waals surface area contributed by atoms with Crippen molar-refractivity contribution in [2.24, 2.45) is 0 Å². The standard InChI is InChI=1S/C14H11O4.C5H5.Fe/c1-8(9-4-2-3-5-9)14(18)13-11(16)6-10(15)7-12(13)17;1-2-4-5-3-1;/h2-7,15-17H,1H2;1-5H;/q-1;-5;. The molecule has 3 aromatic carbocycles. The minimum atomic E-state index is -0.587. The van der Waals surface area contributed by atoms with Crippen molar-refractivity contribution >= 4 is 11.4 Å². The van der Waals surface area contributed by atoms with E-state index in [2.05, 4.69) is 6.58 Å². The van der Waals surface area contributed by atoms with Gasteiger partial charge in [0.15, 0.2) is 0 Å². The van der Waals surface area contributed by atoms with Crippen molar-refractivity contribution in [3.8, 4) is 17.2 Å². The second kappa shape index (κ2) is 8.77. The van der Waals surface area contributed by atoms with Crippen molar-refractivity contribution in [2.75, 3.05) is 0 Å². The molecular weight excluding hydrogens is 348 g/mol. The van der Waals surface area contributed by atoms with Gasteiger partial charge in [0.1, 0.15) is 23.0 Å². The zero-order valence-electron chi connectivity index (χ0n) is 12.7. The fourth-order valence-electron chi connectivity index (χ4n) is 2.01. The maximum atomic E-state index is 12.1. The number of aromatic hydroxyl groups is 3. The number of phenolic OH excluding ortho intramolecular Hbond substituents is 3. The quantitative estimate of drug-likeness (QED) is 0.286. The molecule has 0 heterocycles. The molecule has 0 atom stereocenters. The van der Waals surface area contributed by atoms with Crippen molar-refractivity contribution < 1.29 is 37.2 Å². The molecule has 0 saturated heterocycles. The maximum absolute atomic E-state index is 12.1. The van der Waals surface area contributed by atoms with Crippen LogP contribution in [-0.2, 0) is 17.1 Å². The Kier molecular flexibility index (Phi) is 7.05. The molecule has 0 spiro atoms. The van der Waals surface area contributed by atoms with Gasteiger partial charge in [0.05, 0.1) is 5.56 Å². The summed E-state index contributed by atoms with van der Waals surface area (Å²) < 4.78 is 0. The number of carbonyl (C=O) groups excluding carboxylic acids is 1. The number of ketones is 1. The van der Waals surface area contributed by atoms with E-state index in [1.807, 2.05) is 30.3 Å². The monoisotopic (exact) mass is 364 g/mol. The van der Waals surface area contributed by atoms with Gasteiger partial charge in [-0.3, -0.25) is 0 Å². The van der Waals surface area contributed by atoms with Crippen molar-refractivity contribution in [1.82, 2.24) is 0 Å². The second-order valence-electron chi connectivity index (χ2n) is 4.80. The molecule has 0 radical (unpaired) electrons. The van der Waals surface area contributed by atoms with E-state index in [0.29, 0.717) is 5.56 Å². The van der Waals surface area contributed by atoms with Gasteiger partial charge in [-0.1, -0.05) is 11.1 Å². The van der Waals surface area contributed by atoms with Crippen molar-refractivity contribution in [2.45, 2.75) is 0 Å². The summed E-state index contributed by atoms with van der Waals surface area (Å²) in [5.41, 5.74) is 0.516. The molecule has 4 nitrogen and oxygen atoms in total. The number of benzene rings is 1. The average molecular weight is 364 g/mol. The Morgan fingerprint density at radius 1 is 0.917 bits per heavy atom. The number of hydrogen-bond acceptors (Lipinski definition) is 4. The Morgan fingerprint density at radius 3 is 1.75 bits per heavy atom. The molecule has 24 heavy (non-hydrogen) atoms. The molecular formula is C19H16FeO4-6. The third-order valence-electron chi connectivity index (χ3n) is 3.15. The molecule has 0 fully saturated rings. The predicted molar refractivity (Wildman–Crippen MR) is 88.9 cm³/mol. The summed E-state index contributed by atoms with van der Waals surface area (Å²) in [7, 11) is 0.